The minimum atomic E-state index is -4.36. The molecule has 102 valence electrons. The van der Waals surface area contributed by atoms with Crippen molar-refractivity contribution >= 4 is 27.3 Å². The Bertz CT molecular complexity index is 568. The highest BCUT2D eigenvalue weighted by Gasteiger charge is 2.31. The number of hydrogen-bond donors (Lipinski definition) is 2. The van der Waals surface area contributed by atoms with Crippen LogP contribution in [-0.4, -0.2) is 0 Å². The minimum Gasteiger partial charge on any atom is -0.271 e. The van der Waals surface area contributed by atoms with Crippen molar-refractivity contribution in [3.05, 3.63) is 56.2 Å². The molecule has 0 amide bonds. The molecule has 2 aromatic rings. The van der Waals surface area contributed by atoms with Crippen molar-refractivity contribution in [2.75, 3.05) is 0 Å². The fourth-order valence-electron chi connectivity index (χ4n) is 1.72. The van der Waals surface area contributed by atoms with Crippen LogP contribution < -0.4 is 11.3 Å². The lowest BCUT2D eigenvalue weighted by atomic mass is 10.0. The monoisotopic (exact) mass is 350 g/mol. The molecule has 0 aliphatic heterocycles. The smallest absolute Gasteiger partial charge is 0.271 e. The molecular formula is C12H10BrF3N2S. The maximum atomic E-state index is 12.7. The molecule has 1 aromatic heterocycles. The molecule has 0 spiro atoms. The second-order valence-electron chi connectivity index (χ2n) is 3.89. The van der Waals surface area contributed by atoms with Crippen molar-refractivity contribution < 1.29 is 13.2 Å². The average molecular weight is 351 g/mol. The standard InChI is InChI=1S/C12H10BrF3N2S/c13-9-5-10(19-6-9)11(18-17)7-2-1-3-8(4-7)12(14,15)16/h1-6,11,18H,17H2. The highest BCUT2D eigenvalue weighted by Crippen LogP contribution is 2.34. The van der Waals surface area contributed by atoms with Gasteiger partial charge in [0.15, 0.2) is 0 Å². The number of hydrazine groups is 1. The molecule has 1 unspecified atom stereocenters. The summed E-state index contributed by atoms with van der Waals surface area (Å²) in [6.45, 7) is 0. The van der Waals surface area contributed by atoms with Crippen LogP contribution in [0.3, 0.4) is 0 Å². The lowest BCUT2D eigenvalue weighted by Crippen LogP contribution is -2.28. The van der Waals surface area contributed by atoms with Gasteiger partial charge in [-0.2, -0.15) is 13.2 Å². The zero-order valence-corrected chi connectivity index (χ0v) is 11.9. The van der Waals surface area contributed by atoms with E-state index in [2.05, 4.69) is 21.4 Å². The molecule has 0 saturated carbocycles. The largest absolute Gasteiger partial charge is 0.416 e. The molecule has 0 aliphatic rings. The molecule has 3 N–H and O–H groups in total. The molecule has 0 saturated heterocycles. The van der Waals surface area contributed by atoms with E-state index >= 15 is 0 Å². The van der Waals surface area contributed by atoms with Crippen molar-refractivity contribution in [3.8, 4) is 0 Å². The predicted molar refractivity (Wildman–Crippen MR) is 72.6 cm³/mol. The molecule has 1 heterocycles. The molecular weight excluding hydrogens is 341 g/mol. The summed E-state index contributed by atoms with van der Waals surface area (Å²) < 4.78 is 38.9. The van der Waals surface area contributed by atoms with Gasteiger partial charge in [-0.15, -0.1) is 11.3 Å². The van der Waals surface area contributed by atoms with E-state index in [9.17, 15) is 13.2 Å². The third-order valence-corrected chi connectivity index (χ3v) is 4.34. The van der Waals surface area contributed by atoms with Crippen LogP contribution in [0.15, 0.2) is 40.2 Å². The van der Waals surface area contributed by atoms with Crippen molar-refractivity contribution in [2.45, 2.75) is 12.2 Å². The first-order valence-corrected chi connectivity index (χ1v) is 6.96. The molecule has 2 rings (SSSR count). The summed E-state index contributed by atoms with van der Waals surface area (Å²) in [5.74, 6) is 5.47. The summed E-state index contributed by atoms with van der Waals surface area (Å²) in [6, 6.07) is 6.52. The van der Waals surface area contributed by atoms with Crippen LogP contribution in [-0.2, 0) is 6.18 Å². The number of benzene rings is 1. The zero-order valence-electron chi connectivity index (χ0n) is 9.54. The van der Waals surface area contributed by atoms with Gasteiger partial charge < -0.3 is 0 Å². The first-order chi connectivity index (χ1) is 8.91. The number of thiophene rings is 1. The van der Waals surface area contributed by atoms with Crippen LogP contribution in [0.25, 0.3) is 0 Å². The van der Waals surface area contributed by atoms with Gasteiger partial charge in [0.25, 0.3) is 0 Å². The van der Waals surface area contributed by atoms with Gasteiger partial charge in [0.2, 0.25) is 0 Å². The average Bonchev–Trinajstić information content (AvgIpc) is 2.76. The Kier molecular flexibility index (Phi) is 4.29. The number of alkyl halides is 3. The lowest BCUT2D eigenvalue weighted by molar-refractivity contribution is -0.137. The molecule has 1 atom stereocenters. The zero-order chi connectivity index (χ0) is 14.0. The van der Waals surface area contributed by atoms with Gasteiger partial charge in [0, 0.05) is 14.7 Å². The van der Waals surface area contributed by atoms with Crippen LogP contribution in [0.1, 0.15) is 22.0 Å². The Labute approximate surface area is 120 Å². The minimum absolute atomic E-state index is 0.460. The molecule has 0 aliphatic carbocycles. The van der Waals surface area contributed by atoms with E-state index in [4.69, 9.17) is 5.84 Å². The van der Waals surface area contributed by atoms with E-state index in [1.54, 1.807) is 6.07 Å². The summed E-state index contributed by atoms with van der Waals surface area (Å²) >= 11 is 4.73. The van der Waals surface area contributed by atoms with Crippen molar-refractivity contribution in [1.29, 1.82) is 0 Å². The number of nitrogens with two attached hydrogens (primary N) is 1. The highest BCUT2D eigenvalue weighted by molar-refractivity contribution is 9.10. The second-order valence-corrected chi connectivity index (χ2v) is 5.75. The third kappa shape index (κ3) is 3.36. The Hall–Kier alpha value is -0.890. The highest BCUT2D eigenvalue weighted by atomic mass is 79.9. The Morgan fingerprint density at radius 2 is 2.00 bits per heavy atom. The second kappa shape index (κ2) is 5.62. The van der Waals surface area contributed by atoms with Gasteiger partial charge in [0.05, 0.1) is 11.6 Å². The summed E-state index contributed by atoms with van der Waals surface area (Å²) in [4.78, 5) is 0.841. The fourth-order valence-corrected chi connectivity index (χ4v) is 3.25. The van der Waals surface area contributed by atoms with Crippen LogP contribution in [0.5, 0.6) is 0 Å². The Morgan fingerprint density at radius 3 is 2.53 bits per heavy atom. The predicted octanol–water partition coefficient (Wildman–Crippen LogP) is 4.08. The van der Waals surface area contributed by atoms with Crippen LogP contribution in [0.4, 0.5) is 13.2 Å². The molecule has 1 aromatic carbocycles. The molecule has 7 heteroatoms. The van der Waals surface area contributed by atoms with E-state index in [0.717, 1.165) is 21.5 Å². The van der Waals surface area contributed by atoms with Gasteiger partial charge in [-0.05, 0) is 39.7 Å². The van der Waals surface area contributed by atoms with E-state index in [0.29, 0.717) is 5.56 Å². The lowest BCUT2D eigenvalue weighted by Gasteiger charge is -2.16. The topological polar surface area (TPSA) is 38.0 Å². The molecule has 2 nitrogen and oxygen atoms in total. The van der Waals surface area contributed by atoms with Crippen LogP contribution in [0, 0.1) is 0 Å². The summed E-state index contributed by atoms with van der Waals surface area (Å²) in [5, 5.41) is 1.85. The quantitative estimate of drug-likeness (QED) is 0.646. The first-order valence-electron chi connectivity index (χ1n) is 5.29. The summed E-state index contributed by atoms with van der Waals surface area (Å²) in [7, 11) is 0. The summed E-state index contributed by atoms with van der Waals surface area (Å²) in [5.41, 5.74) is 2.35. The molecule has 0 radical (unpaired) electrons. The maximum Gasteiger partial charge on any atom is 0.416 e. The van der Waals surface area contributed by atoms with Crippen molar-refractivity contribution in [2.24, 2.45) is 5.84 Å². The SMILES string of the molecule is NNC(c1cccc(C(F)(F)F)c1)c1cc(Br)cs1. The number of rotatable bonds is 3. The van der Waals surface area contributed by atoms with Gasteiger partial charge >= 0.3 is 6.18 Å². The Morgan fingerprint density at radius 1 is 1.26 bits per heavy atom. The van der Waals surface area contributed by atoms with Gasteiger partial charge in [-0.1, -0.05) is 12.1 Å². The normalized spacial score (nSPS) is 13.5. The van der Waals surface area contributed by atoms with E-state index in [1.807, 2.05) is 11.4 Å². The maximum absolute atomic E-state index is 12.7. The number of hydrogen-bond acceptors (Lipinski definition) is 3. The molecule has 0 bridgehead atoms. The van der Waals surface area contributed by atoms with Crippen LogP contribution >= 0.6 is 27.3 Å². The van der Waals surface area contributed by atoms with E-state index in [-0.39, 0.29) is 0 Å². The van der Waals surface area contributed by atoms with Crippen molar-refractivity contribution in [3.63, 3.8) is 0 Å². The number of nitrogens with one attached hydrogen (secondary N) is 1. The third-order valence-electron chi connectivity index (χ3n) is 2.59. The number of halogens is 4. The van der Waals surface area contributed by atoms with Gasteiger partial charge in [-0.25, -0.2) is 5.43 Å². The van der Waals surface area contributed by atoms with E-state index in [1.165, 1.54) is 17.4 Å². The molecule has 0 fully saturated rings. The van der Waals surface area contributed by atoms with Crippen LogP contribution in [0.2, 0.25) is 0 Å². The fraction of sp³-hybridized carbons (Fsp3) is 0.167. The molecule has 19 heavy (non-hydrogen) atoms. The van der Waals surface area contributed by atoms with E-state index < -0.39 is 17.8 Å². The summed E-state index contributed by atoms with van der Waals surface area (Å²) in [6.07, 6.45) is -4.36. The van der Waals surface area contributed by atoms with Gasteiger partial charge in [0.1, 0.15) is 0 Å². The van der Waals surface area contributed by atoms with Gasteiger partial charge in [-0.3, -0.25) is 5.84 Å². The van der Waals surface area contributed by atoms with Crippen molar-refractivity contribution in [1.82, 2.24) is 5.43 Å². The first kappa shape index (κ1) is 14.5. The Balaban J connectivity index is 2.39.